The molecule has 0 spiro atoms. The quantitative estimate of drug-likeness (QED) is 0.746. The summed E-state index contributed by atoms with van der Waals surface area (Å²) in [6.07, 6.45) is 5.90. The number of sulfone groups is 1. The second-order valence-corrected chi connectivity index (χ2v) is 8.39. The molecule has 5 nitrogen and oxygen atoms in total. The number of rotatable bonds is 1. The molecule has 3 atom stereocenters. The van der Waals surface area contributed by atoms with Crippen LogP contribution >= 0.6 is 0 Å². The van der Waals surface area contributed by atoms with E-state index in [0.29, 0.717) is 25.0 Å². The number of carbonyl (C=O) groups is 1. The Labute approximate surface area is 114 Å². The molecule has 0 aromatic heterocycles. The van der Waals surface area contributed by atoms with Crippen LogP contribution in [0.2, 0.25) is 0 Å². The van der Waals surface area contributed by atoms with Crippen LogP contribution in [0.15, 0.2) is 0 Å². The van der Waals surface area contributed by atoms with Crippen LogP contribution < -0.4 is 5.32 Å². The number of carbonyl (C=O) groups excluding carboxylic acids is 1. The normalized spacial score (nSPS) is 37.9. The third kappa shape index (κ3) is 2.79. The summed E-state index contributed by atoms with van der Waals surface area (Å²) in [7, 11) is -2.91. The zero-order valence-electron chi connectivity index (χ0n) is 11.2. The lowest BCUT2D eigenvalue weighted by Crippen LogP contribution is -2.50. The highest BCUT2D eigenvalue weighted by molar-refractivity contribution is 7.91. The molecule has 3 rings (SSSR count). The van der Waals surface area contributed by atoms with Gasteiger partial charge in [0, 0.05) is 19.1 Å². The van der Waals surface area contributed by atoms with Crippen molar-refractivity contribution in [2.45, 2.75) is 44.2 Å². The Morgan fingerprint density at radius 1 is 1.11 bits per heavy atom. The second-order valence-electron chi connectivity index (χ2n) is 6.08. The van der Waals surface area contributed by atoms with Crippen LogP contribution in [0.3, 0.4) is 0 Å². The van der Waals surface area contributed by atoms with Crippen molar-refractivity contribution in [3.63, 3.8) is 0 Å². The number of nitrogens with one attached hydrogen (secondary N) is 1. The van der Waals surface area contributed by atoms with Crippen LogP contribution in [0, 0.1) is 5.92 Å². The molecule has 108 valence electrons. The van der Waals surface area contributed by atoms with Gasteiger partial charge < -0.3 is 10.2 Å². The van der Waals surface area contributed by atoms with Crippen LogP contribution in [0.4, 0.5) is 0 Å². The maximum Gasteiger partial charge on any atom is 0.239 e. The molecule has 1 amide bonds. The summed E-state index contributed by atoms with van der Waals surface area (Å²) in [4.78, 5) is 14.2. The first-order valence-electron chi connectivity index (χ1n) is 7.30. The lowest BCUT2D eigenvalue weighted by molar-refractivity contribution is -0.132. The third-order valence-corrected chi connectivity index (χ3v) is 6.43. The van der Waals surface area contributed by atoms with Gasteiger partial charge in [-0.2, -0.15) is 0 Å². The van der Waals surface area contributed by atoms with Gasteiger partial charge in [-0.1, -0.05) is 12.8 Å². The standard InChI is InChI=1S/C13H22N2O3S/c16-13(15-5-7-19(17,18)8-6-15)12-9-10-3-1-2-4-11(10)14-12/h10-12,14H,1-9H2. The summed E-state index contributed by atoms with van der Waals surface area (Å²) >= 11 is 0. The SMILES string of the molecule is O=C(C1CC2CCCCC2N1)N1CCS(=O)(=O)CC1. The predicted octanol–water partition coefficient (Wildman–Crippen LogP) is 0.164. The van der Waals surface area contributed by atoms with E-state index in [4.69, 9.17) is 0 Å². The van der Waals surface area contributed by atoms with E-state index in [1.165, 1.54) is 25.7 Å². The Kier molecular flexibility index (Phi) is 3.55. The van der Waals surface area contributed by atoms with Crippen molar-refractivity contribution in [1.82, 2.24) is 10.2 Å². The fraction of sp³-hybridized carbons (Fsp3) is 0.923. The molecule has 1 saturated carbocycles. The number of amides is 1. The Morgan fingerprint density at radius 3 is 2.47 bits per heavy atom. The summed E-state index contributed by atoms with van der Waals surface area (Å²) in [6.45, 7) is 0.739. The van der Waals surface area contributed by atoms with E-state index >= 15 is 0 Å². The Hall–Kier alpha value is -0.620. The number of fused-ring (bicyclic) bond motifs is 1. The summed E-state index contributed by atoms with van der Waals surface area (Å²) < 4.78 is 22.8. The van der Waals surface area contributed by atoms with E-state index in [0.717, 1.165) is 6.42 Å². The highest BCUT2D eigenvalue weighted by atomic mass is 32.2. The molecule has 3 aliphatic rings. The van der Waals surface area contributed by atoms with Gasteiger partial charge in [0.25, 0.3) is 0 Å². The molecule has 0 aromatic carbocycles. The summed E-state index contributed by atoms with van der Waals surface area (Å²) in [5.41, 5.74) is 0. The first-order chi connectivity index (χ1) is 9.05. The van der Waals surface area contributed by atoms with Crippen molar-refractivity contribution in [1.29, 1.82) is 0 Å². The van der Waals surface area contributed by atoms with Gasteiger partial charge in [0.2, 0.25) is 5.91 Å². The lowest BCUT2D eigenvalue weighted by atomic mass is 9.85. The van der Waals surface area contributed by atoms with Gasteiger partial charge in [0.05, 0.1) is 17.5 Å². The van der Waals surface area contributed by atoms with Crippen molar-refractivity contribution >= 4 is 15.7 Å². The lowest BCUT2D eigenvalue weighted by Gasteiger charge is -2.29. The van der Waals surface area contributed by atoms with E-state index < -0.39 is 9.84 Å². The largest absolute Gasteiger partial charge is 0.339 e. The van der Waals surface area contributed by atoms with Gasteiger partial charge in [-0.25, -0.2) is 8.42 Å². The van der Waals surface area contributed by atoms with Crippen molar-refractivity contribution < 1.29 is 13.2 Å². The Bertz CT molecular complexity index is 435. The highest BCUT2D eigenvalue weighted by Crippen LogP contribution is 2.33. The van der Waals surface area contributed by atoms with Gasteiger partial charge in [-0.15, -0.1) is 0 Å². The van der Waals surface area contributed by atoms with Gasteiger partial charge in [0.1, 0.15) is 0 Å². The van der Waals surface area contributed by atoms with Crippen LogP contribution in [0.5, 0.6) is 0 Å². The summed E-state index contributed by atoms with van der Waals surface area (Å²) in [6, 6.07) is 0.435. The summed E-state index contributed by atoms with van der Waals surface area (Å²) in [5, 5.41) is 3.47. The monoisotopic (exact) mass is 286 g/mol. The van der Waals surface area contributed by atoms with Crippen LogP contribution in [-0.4, -0.2) is 55.9 Å². The van der Waals surface area contributed by atoms with Gasteiger partial charge in [-0.05, 0) is 25.2 Å². The zero-order valence-corrected chi connectivity index (χ0v) is 12.0. The van der Waals surface area contributed by atoms with Crippen molar-refractivity contribution in [3.05, 3.63) is 0 Å². The predicted molar refractivity (Wildman–Crippen MR) is 72.5 cm³/mol. The van der Waals surface area contributed by atoms with E-state index in [-0.39, 0.29) is 23.5 Å². The van der Waals surface area contributed by atoms with E-state index in [2.05, 4.69) is 5.32 Å². The number of hydrogen-bond donors (Lipinski definition) is 1. The number of hydrogen-bond acceptors (Lipinski definition) is 4. The van der Waals surface area contributed by atoms with E-state index in [1.807, 2.05) is 0 Å². The molecule has 2 saturated heterocycles. The molecule has 6 heteroatoms. The molecule has 0 bridgehead atoms. The topological polar surface area (TPSA) is 66.5 Å². The maximum atomic E-state index is 12.4. The van der Waals surface area contributed by atoms with Crippen molar-refractivity contribution in [2.24, 2.45) is 5.92 Å². The van der Waals surface area contributed by atoms with Crippen LogP contribution in [-0.2, 0) is 14.6 Å². The molecule has 0 radical (unpaired) electrons. The third-order valence-electron chi connectivity index (χ3n) is 4.82. The molecule has 1 N–H and O–H groups in total. The highest BCUT2D eigenvalue weighted by Gasteiger charge is 2.40. The minimum Gasteiger partial charge on any atom is -0.339 e. The van der Waals surface area contributed by atoms with E-state index in [9.17, 15) is 13.2 Å². The molecule has 1 aliphatic carbocycles. The molecule has 2 aliphatic heterocycles. The van der Waals surface area contributed by atoms with E-state index in [1.54, 1.807) is 4.90 Å². The van der Waals surface area contributed by atoms with Crippen LogP contribution in [0.1, 0.15) is 32.1 Å². The minimum absolute atomic E-state index is 0.0751. The first-order valence-corrected chi connectivity index (χ1v) is 9.12. The molecular weight excluding hydrogens is 264 g/mol. The zero-order chi connectivity index (χ0) is 13.5. The molecule has 2 heterocycles. The fourth-order valence-electron chi connectivity index (χ4n) is 3.66. The van der Waals surface area contributed by atoms with Gasteiger partial charge >= 0.3 is 0 Å². The van der Waals surface area contributed by atoms with Gasteiger partial charge in [0.15, 0.2) is 9.84 Å². The Morgan fingerprint density at radius 2 is 1.79 bits per heavy atom. The maximum absolute atomic E-state index is 12.4. The van der Waals surface area contributed by atoms with Gasteiger partial charge in [-0.3, -0.25) is 4.79 Å². The smallest absolute Gasteiger partial charge is 0.239 e. The average Bonchev–Trinajstić information content (AvgIpc) is 2.81. The molecule has 3 fully saturated rings. The molecule has 19 heavy (non-hydrogen) atoms. The first kappa shape index (κ1) is 13.4. The fourth-order valence-corrected chi connectivity index (χ4v) is 4.86. The van der Waals surface area contributed by atoms with Crippen molar-refractivity contribution in [3.8, 4) is 0 Å². The van der Waals surface area contributed by atoms with Crippen LogP contribution in [0.25, 0.3) is 0 Å². The summed E-state index contributed by atoms with van der Waals surface area (Å²) in [5.74, 6) is 1.01. The molecule has 3 unspecified atom stereocenters. The molecular formula is C13H22N2O3S. The average molecular weight is 286 g/mol. The minimum atomic E-state index is -2.91. The van der Waals surface area contributed by atoms with Crippen molar-refractivity contribution in [2.75, 3.05) is 24.6 Å². The second kappa shape index (κ2) is 5.05. The number of nitrogens with zero attached hydrogens (tertiary/aromatic N) is 1. The Balaban J connectivity index is 1.59. The molecule has 0 aromatic rings.